The fourth-order valence-corrected chi connectivity index (χ4v) is 1.43. The molecule has 2 nitrogen and oxygen atoms in total. The highest BCUT2D eigenvalue weighted by atomic mass is 35.5. The van der Waals surface area contributed by atoms with Crippen LogP contribution in [0, 0.1) is 0 Å². The number of methoxy groups -OCH3 is 1. The molecule has 0 amide bonds. The Morgan fingerprint density at radius 1 is 1.64 bits per heavy atom. The molecular weight excluding hydrogens is 200 g/mol. The van der Waals surface area contributed by atoms with Crippen molar-refractivity contribution in [2.24, 2.45) is 0 Å². The van der Waals surface area contributed by atoms with Crippen molar-refractivity contribution in [1.29, 1.82) is 0 Å². The molecule has 0 saturated heterocycles. The molecule has 0 saturated carbocycles. The Labute approximate surface area is 88.8 Å². The van der Waals surface area contributed by atoms with Gasteiger partial charge in [-0.1, -0.05) is 17.7 Å². The van der Waals surface area contributed by atoms with Crippen molar-refractivity contribution in [2.75, 3.05) is 7.11 Å². The molecule has 1 rings (SSSR count). The van der Waals surface area contributed by atoms with Crippen LogP contribution in [0.25, 0.3) is 0 Å². The van der Waals surface area contributed by atoms with Gasteiger partial charge in [-0.15, -0.1) is 6.58 Å². The summed E-state index contributed by atoms with van der Waals surface area (Å²) in [6, 6.07) is 5.17. The number of hydrogen-bond donors (Lipinski definition) is 1. The van der Waals surface area contributed by atoms with Crippen molar-refractivity contribution in [3.05, 3.63) is 41.4 Å². The molecule has 0 aliphatic heterocycles. The fraction of sp³-hybridized carbons (Fsp3) is 0.273. The Hall–Kier alpha value is -0.990. The summed E-state index contributed by atoms with van der Waals surface area (Å²) in [4.78, 5) is 0. The minimum atomic E-state index is -0.610. The molecule has 1 N–H and O–H groups in total. The van der Waals surface area contributed by atoms with Crippen LogP contribution in [0.15, 0.2) is 30.9 Å². The second-order valence-electron chi connectivity index (χ2n) is 2.93. The topological polar surface area (TPSA) is 29.5 Å². The molecule has 0 aromatic heterocycles. The third-order valence-corrected chi connectivity index (χ3v) is 2.18. The van der Waals surface area contributed by atoms with Crippen molar-refractivity contribution >= 4 is 11.6 Å². The van der Waals surface area contributed by atoms with Crippen LogP contribution in [0.2, 0.25) is 5.02 Å². The lowest BCUT2D eigenvalue weighted by molar-refractivity contribution is 0.177. The molecule has 0 aliphatic rings. The van der Waals surface area contributed by atoms with Crippen molar-refractivity contribution in [3.8, 4) is 5.75 Å². The van der Waals surface area contributed by atoms with E-state index in [-0.39, 0.29) is 0 Å². The Balaban J connectivity index is 3.02. The molecule has 0 spiro atoms. The highest BCUT2D eigenvalue weighted by Crippen LogP contribution is 2.29. The molecule has 3 heteroatoms. The third-order valence-electron chi connectivity index (χ3n) is 1.94. The van der Waals surface area contributed by atoms with Gasteiger partial charge in [0.1, 0.15) is 5.75 Å². The van der Waals surface area contributed by atoms with E-state index < -0.39 is 6.10 Å². The van der Waals surface area contributed by atoms with Gasteiger partial charge < -0.3 is 9.84 Å². The largest absolute Gasteiger partial charge is 0.496 e. The van der Waals surface area contributed by atoms with E-state index in [1.165, 1.54) is 0 Å². The lowest BCUT2D eigenvalue weighted by atomic mass is 10.1. The van der Waals surface area contributed by atoms with Crippen LogP contribution < -0.4 is 4.74 Å². The first kappa shape index (κ1) is 11.1. The van der Waals surface area contributed by atoms with Crippen LogP contribution in [0.1, 0.15) is 18.1 Å². The minimum Gasteiger partial charge on any atom is -0.496 e. The molecule has 0 radical (unpaired) electrons. The standard InChI is InChI=1S/C11H13ClO2/c1-3-4-10(13)9-7-8(12)5-6-11(9)14-2/h3,5-7,10,13H,1,4H2,2H3/t10-/m1/s1. The predicted molar refractivity (Wildman–Crippen MR) is 57.8 cm³/mol. The van der Waals surface area contributed by atoms with Crippen molar-refractivity contribution in [3.63, 3.8) is 0 Å². The van der Waals surface area contributed by atoms with Crippen LogP contribution >= 0.6 is 11.6 Å². The number of ether oxygens (including phenoxy) is 1. The van der Waals surface area contributed by atoms with E-state index >= 15 is 0 Å². The zero-order chi connectivity index (χ0) is 10.6. The van der Waals surface area contributed by atoms with Crippen molar-refractivity contribution in [1.82, 2.24) is 0 Å². The molecule has 0 fully saturated rings. The van der Waals surface area contributed by atoms with Gasteiger partial charge in [-0.2, -0.15) is 0 Å². The summed E-state index contributed by atoms with van der Waals surface area (Å²) in [5.41, 5.74) is 0.694. The molecule has 0 aliphatic carbocycles. The van der Waals surface area contributed by atoms with Crippen LogP contribution in [0.5, 0.6) is 5.75 Å². The van der Waals surface area contributed by atoms with E-state index in [0.29, 0.717) is 22.8 Å². The molecule has 0 unspecified atom stereocenters. The van der Waals surface area contributed by atoms with E-state index in [1.54, 1.807) is 31.4 Å². The number of aliphatic hydroxyl groups excluding tert-OH is 1. The molecule has 76 valence electrons. The van der Waals surface area contributed by atoms with Crippen LogP contribution in [0.3, 0.4) is 0 Å². The van der Waals surface area contributed by atoms with Gasteiger partial charge in [-0.25, -0.2) is 0 Å². The van der Waals surface area contributed by atoms with E-state index in [9.17, 15) is 5.11 Å². The third kappa shape index (κ3) is 2.50. The second-order valence-corrected chi connectivity index (χ2v) is 3.36. The molecule has 1 atom stereocenters. The lowest BCUT2D eigenvalue weighted by Gasteiger charge is -2.13. The minimum absolute atomic E-state index is 0.483. The summed E-state index contributed by atoms with van der Waals surface area (Å²) in [7, 11) is 1.56. The Bertz CT molecular complexity index is 323. The average Bonchev–Trinajstić information content (AvgIpc) is 2.18. The SMILES string of the molecule is C=CC[C@@H](O)c1cc(Cl)ccc1OC. The van der Waals surface area contributed by atoms with Gasteiger partial charge in [0.15, 0.2) is 0 Å². The molecule has 14 heavy (non-hydrogen) atoms. The van der Waals surface area contributed by atoms with Crippen LogP contribution in [0.4, 0.5) is 0 Å². The fourth-order valence-electron chi connectivity index (χ4n) is 1.25. The van der Waals surface area contributed by atoms with Gasteiger partial charge in [0, 0.05) is 10.6 Å². The maximum Gasteiger partial charge on any atom is 0.124 e. The lowest BCUT2D eigenvalue weighted by Crippen LogP contribution is -1.99. The Morgan fingerprint density at radius 3 is 2.93 bits per heavy atom. The molecule has 1 aromatic carbocycles. The zero-order valence-corrected chi connectivity index (χ0v) is 8.79. The van der Waals surface area contributed by atoms with Gasteiger partial charge in [-0.3, -0.25) is 0 Å². The summed E-state index contributed by atoms with van der Waals surface area (Å²) in [6.07, 6.45) is 1.53. The van der Waals surface area contributed by atoms with Crippen molar-refractivity contribution in [2.45, 2.75) is 12.5 Å². The van der Waals surface area contributed by atoms with Crippen molar-refractivity contribution < 1.29 is 9.84 Å². The van der Waals surface area contributed by atoms with E-state index in [0.717, 1.165) is 0 Å². The maximum atomic E-state index is 9.75. The highest BCUT2D eigenvalue weighted by Gasteiger charge is 2.11. The zero-order valence-electron chi connectivity index (χ0n) is 8.03. The van der Waals surface area contributed by atoms with Gasteiger partial charge >= 0.3 is 0 Å². The summed E-state index contributed by atoms with van der Waals surface area (Å²) in [5, 5.41) is 10.3. The summed E-state index contributed by atoms with van der Waals surface area (Å²) in [6.45, 7) is 3.57. The van der Waals surface area contributed by atoms with Gasteiger partial charge in [0.05, 0.1) is 13.2 Å². The summed E-state index contributed by atoms with van der Waals surface area (Å²) < 4.78 is 5.11. The normalized spacial score (nSPS) is 12.2. The van der Waals surface area contributed by atoms with E-state index in [2.05, 4.69) is 6.58 Å². The second kappa shape index (κ2) is 5.03. The number of halogens is 1. The highest BCUT2D eigenvalue weighted by molar-refractivity contribution is 6.30. The van der Waals surface area contributed by atoms with E-state index in [1.807, 2.05) is 0 Å². The van der Waals surface area contributed by atoms with Gasteiger partial charge in [-0.05, 0) is 24.6 Å². The smallest absolute Gasteiger partial charge is 0.124 e. The molecule has 0 bridgehead atoms. The first-order chi connectivity index (χ1) is 6.69. The first-order valence-corrected chi connectivity index (χ1v) is 4.69. The van der Waals surface area contributed by atoms with Gasteiger partial charge in [0.25, 0.3) is 0 Å². The molecular formula is C11H13ClO2. The Morgan fingerprint density at radius 2 is 2.36 bits per heavy atom. The van der Waals surface area contributed by atoms with E-state index in [4.69, 9.17) is 16.3 Å². The maximum absolute atomic E-state index is 9.75. The summed E-state index contributed by atoms with van der Waals surface area (Å²) >= 11 is 5.83. The van der Waals surface area contributed by atoms with Crippen LogP contribution in [-0.4, -0.2) is 12.2 Å². The Kier molecular flexibility index (Phi) is 3.98. The van der Waals surface area contributed by atoms with Crippen LogP contribution in [-0.2, 0) is 0 Å². The monoisotopic (exact) mass is 212 g/mol. The summed E-state index contributed by atoms with van der Waals surface area (Å²) in [5.74, 6) is 0.642. The van der Waals surface area contributed by atoms with Gasteiger partial charge in [0.2, 0.25) is 0 Å². The number of rotatable bonds is 4. The average molecular weight is 213 g/mol. The number of aliphatic hydroxyl groups is 1. The number of benzene rings is 1. The first-order valence-electron chi connectivity index (χ1n) is 4.31. The quantitative estimate of drug-likeness (QED) is 0.778. The molecule has 1 aromatic rings. The predicted octanol–water partition coefficient (Wildman–Crippen LogP) is 2.96. The number of hydrogen-bond acceptors (Lipinski definition) is 2. The molecule has 0 heterocycles.